The fraction of sp³-hybridized carbons (Fsp3) is 0.583. The van der Waals surface area contributed by atoms with Gasteiger partial charge in [0.05, 0.1) is 18.9 Å². The Labute approximate surface area is 219 Å². The van der Waals surface area contributed by atoms with E-state index in [1.54, 1.807) is 18.9 Å². The summed E-state index contributed by atoms with van der Waals surface area (Å²) >= 11 is 2.93. The Bertz CT molecular complexity index is 1190. The van der Waals surface area contributed by atoms with E-state index < -0.39 is 5.79 Å². The molecule has 1 aliphatic carbocycles. The Morgan fingerprint density at radius 1 is 1.28 bits per heavy atom. The van der Waals surface area contributed by atoms with Crippen LogP contribution in [0.15, 0.2) is 17.2 Å². The Balaban J connectivity index is 1.34. The van der Waals surface area contributed by atoms with E-state index in [-0.39, 0.29) is 6.10 Å². The number of thioether (sulfide) groups is 1. The fourth-order valence-electron chi connectivity index (χ4n) is 4.48. The molecular weight excluding hydrogens is 500 g/mol. The number of nitrogens with one attached hydrogen (secondary N) is 1. The summed E-state index contributed by atoms with van der Waals surface area (Å²) in [6, 6.07) is 1.98. The molecule has 1 unspecified atom stereocenters. The molecule has 2 fully saturated rings. The molecule has 10 nitrogen and oxygen atoms in total. The van der Waals surface area contributed by atoms with Crippen molar-refractivity contribution in [2.24, 2.45) is 7.05 Å². The van der Waals surface area contributed by atoms with Crippen molar-refractivity contribution in [1.82, 2.24) is 24.1 Å². The number of pyridine rings is 1. The molecular formula is C24H32N6O4S2. The highest BCUT2D eigenvalue weighted by molar-refractivity contribution is 7.99. The molecule has 3 aromatic rings. The largest absolute Gasteiger partial charge is 0.450 e. The molecule has 1 saturated carbocycles. The van der Waals surface area contributed by atoms with E-state index in [0.29, 0.717) is 41.5 Å². The smallest absolute Gasteiger partial charge is 0.208 e. The summed E-state index contributed by atoms with van der Waals surface area (Å²) in [6.45, 7) is 5.05. The maximum absolute atomic E-state index is 6.35. The van der Waals surface area contributed by atoms with Crippen molar-refractivity contribution < 1.29 is 18.9 Å². The molecule has 0 radical (unpaired) electrons. The van der Waals surface area contributed by atoms with Crippen molar-refractivity contribution >= 4 is 34.2 Å². The van der Waals surface area contributed by atoms with Crippen LogP contribution >= 0.6 is 23.3 Å². The quantitative estimate of drug-likeness (QED) is 0.288. The summed E-state index contributed by atoms with van der Waals surface area (Å²) in [7, 11) is 3.60. The van der Waals surface area contributed by atoms with E-state index in [0.717, 1.165) is 47.7 Å². The van der Waals surface area contributed by atoms with Crippen molar-refractivity contribution in [3.05, 3.63) is 29.5 Å². The average molecular weight is 533 g/mol. The van der Waals surface area contributed by atoms with Gasteiger partial charge in [0, 0.05) is 55.4 Å². The molecule has 1 N–H and O–H groups in total. The Hall–Kier alpha value is -2.25. The Morgan fingerprint density at radius 2 is 2.11 bits per heavy atom. The summed E-state index contributed by atoms with van der Waals surface area (Å²) in [5.74, 6) is 2.87. The second-order valence-electron chi connectivity index (χ2n) is 9.06. The van der Waals surface area contributed by atoms with Gasteiger partial charge in [0.1, 0.15) is 11.8 Å². The molecule has 0 aromatic carbocycles. The van der Waals surface area contributed by atoms with Gasteiger partial charge >= 0.3 is 0 Å². The van der Waals surface area contributed by atoms with Gasteiger partial charge in [-0.3, -0.25) is 4.68 Å². The lowest BCUT2D eigenvalue weighted by atomic mass is 9.94. The highest BCUT2D eigenvalue weighted by Crippen LogP contribution is 2.43. The van der Waals surface area contributed by atoms with Crippen LogP contribution in [0.25, 0.3) is 0 Å². The number of aryl methyl sites for hydroxylation is 2. The molecule has 1 aliphatic heterocycles. The van der Waals surface area contributed by atoms with E-state index >= 15 is 0 Å². The number of ether oxygens (including phenoxy) is 4. The van der Waals surface area contributed by atoms with Crippen LogP contribution in [0.4, 0.5) is 10.9 Å². The van der Waals surface area contributed by atoms with E-state index in [2.05, 4.69) is 19.8 Å². The zero-order valence-electron chi connectivity index (χ0n) is 21.1. The molecule has 194 valence electrons. The molecule has 1 saturated heterocycles. The second kappa shape index (κ2) is 11.0. The molecule has 36 heavy (non-hydrogen) atoms. The molecule has 0 bridgehead atoms. The maximum atomic E-state index is 6.35. The molecule has 12 heteroatoms. The van der Waals surface area contributed by atoms with E-state index in [9.17, 15) is 0 Å². The van der Waals surface area contributed by atoms with Crippen LogP contribution < -0.4 is 10.1 Å². The van der Waals surface area contributed by atoms with Gasteiger partial charge in [0.25, 0.3) is 0 Å². The van der Waals surface area contributed by atoms with Crippen LogP contribution in [-0.2, 0) is 21.3 Å². The average Bonchev–Trinajstić information content (AvgIpc) is 3.56. The van der Waals surface area contributed by atoms with Gasteiger partial charge in [-0.1, -0.05) is 6.42 Å². The molecule has 0 amide bonds. The molecule has 3 aromatic heterocycles. The molecule has 5 rings (SSSR count). The summed E-state index contributed by atoms with van der Waals surface area (Å²) < 4.78 is 30.3. The van der Waals surface area contributed by atoms with Gasteiger partial charge in [-0.05, 0) is 32.8 Å². The van der Waals surface area contributed by atoms with Crippen LogP contribution in [0.1, 0.15) is 55.4 Å². The van der Waals surface area contributed by atoms with E-state index in [1.807, 2.05) is 37.8 Å². The van der Waals surface area contributed by atoms with Gasteiger partial charge in [0.2, 0.25) is 5.13 Å². The van der Waals surface area contributed by atoms with Crippen molar-refractivity contribution in [3.8, 4) is 11.5 Å². The summed E-state index contributed by atoms with van der Waals surface area (Å²) in [6.07, 6.45) is 6.94. The number of nitrogens with zero attached hydrogens (tertiary/aromatic N) is 5. The van der Waals surface area contributed by atoms with Crippen LogP contribution in [0.3, 0.4) is 0 Å². The number of rotatable bonds is 9. The van der Waals surface area contributed by atoms with E-state index in [1.165, 1.54) is 18.0 Å². The first-order chi connectivity index (χ1) is 17.5. The summed E-state index contributed by atoms with van der Waals surface area (Å²) in [5.41, 5.74) is 1.75. The minimum absolute atomic E-state index is 0.251. The monoisotopic (exact) mass is 532 g/mol. The molecule has 2 aliphatic rings. The van der Waals surface area contributed by atoms with Gasteiger partial charge < -0.3 is 24.3 Å². The van der Waals surface area contributed by atoms with Gasteiger partial charge in [-0.2, -0.15) is 9.47 Å². The molecule has 1 atom stereocenters. The number of aromatic nitrogens is 5. The highest BCUT2D eigenvalue weighted by atomic mass is 32.2. The van der Waals surface area contributed by atoms with Crippen LogP contribution in [0.2, 0.25) is 0 Å². The number of methoxy groups -OCH3 is 1. The van der Waals surface area contributed by atoms with Gasteiger partial charge in [-0.25, -0.2) is 9.97 Å². The predicted molar refractivity (Wildman–Crippen MR) is 138 cm³/mol. The van der Waals surface area contributed by atoms with Crippen molar-refractivity contribution in [1.29, 1.82) is 0 Å². The number of hydrogen-bond donors (Lipinski definition) is 1. The standard InChI is InChI=1S/C24H32N6O4S2/c1-15-20(16(2)30(3)28-15)33-18-12-17(35-11-10-31-4)13-25-21(18)26-23-27-22(29-36-23)19-14-32-24(34-19)8-6-5-7-9-24/h12-13,19H,5-11,14H2,1-4H3,(H,25,26,27,29). The lowest BCUT2D eigenvalue weighted by Gasteiger charge is -2.31. The maximum Gasteiger partial charge on any atom is 0.208 e. The first kappa shape index (κ1) is 25.4. The SMILES string of the molecule is COCCSc1cnc(Nc2nc(C3COC4(CCCCC4)O3)ns2)c(Oc2c(C)nn(C)c2C)c1. The minimum Gasteiger partial charge on any atom is -0.450 e. The molecule has 1 spiro atoms. The van der Waals surface area contributed by atoms with Crippen molar-refractivity contribution in [3.63, 3.8) is 0 Å². The second-order valence-corrected chi connectivity index (χ2v) is 11.0. The lowest BCUT2D eigenvalue weighted by molar-refractivity contribution is -0.188. The minimum atomic E-state index is -0.458. The Morgan fingerprint density at radius 3 is 2.86 bits per heavy atom. The predicted octanol–water partition coefficient (Wildman–Crippen LogP) is 5.31. The first-order valence-corrected chi connectivity index (χ1v) is 13.9. The van der Waals surface area contributed by atoms with Crippen LogP contribution in [0.5, 0.6) is 11.5 Å². The zero-order chi connectivity index (χ0) is 25.1. The van der Waals surface area contributed by atoms with Crippen LogP contribution in [0, 0.1) is 13.8 Å². The van der Waals surface area contributed by atoms with E-state index in [4.69, 9.17) is 23.9 Å². The third-order valence-corrected chi connectivity index (χ3v) is 8.04. The van der Waals surface area contributed by atoms with Gasteiger partial charge in [0.15, 0.2) is 28.9 Å². The summed E-state index contributed by atoms with van der Waals surface area (Å²) in [5, 5.41) is 8.39. The normalized spacial score (nSPS) is 19.2. The third kappa shape index (κ3) is 5.52. The molecule has 4 heterocycles. The zero-order valence-corrected chi connectivity index (χ0v) is 22.7. The van der Waals surface area contributed by atoms with Crippen molar-refractivity contribution in [2.45, 2.75) is 62.7 Å². The number of hydrogen-bond acceptors (Lipinski definition) is 11. The van der Waals surface area contributed by atoms with Crippen LogP contribution in [-0.4, -0.2) is 56.0 Å². The highest BCUT2D eigenvalue weighted by Gasteiger charge is 2.44. The third-order valence-electron chi connectivity index (χ3n) is 6.46. The number of anilines is 2. The van der Waals surface area contributed by atoms with Gasteiger partial charge in [-0.15, -0.1) is 11.8 Å². The Kier molecular flexibility index (Phi) is 7.77. The topological polar surface area (TPSA) is 105 Å². The fourth-order valence-corrected chi connectivity index (χ4v) is 5.90. The lowest BCUT2D eigenvalue weighted by Crippen LogP contribution is -2.32. The summed E-state index contributed by atoms with van der Waals surface area (Å²) in [4.78, 5) is 10.3. The first-order valence-electron chi connectivity index (χ1n) is 12.2. The van der Waals surface area contributed by atoms with Crippen molar-refractivity contribution in [2.75, 3.05) is 31.4 Å².